The van der Waals surface area contributed by atoms with Crippen LogP contribution in [-0.2, 0) is 10.0 Å². The van der Waals surface area contributed by atoms with Gasteiger partial charge in [-0.3, -0.25) is 0 Å². The summed E-state index contributed by atoms with van der Waals surface area (Å²) in [5.41, 5.74) is 0.345. The van der Waals surface area contributed by atoms with Crippen molar-refractivity contribution < 1.29 is 8.42 Å². The number of nitrogens with zero attached hydrogens (tertiary/aromatic N) is 2. The quantitative estimate of drug-likeness (QED) is 0.890. The molecule has 1 aromatic rings. The van der Waals surface area contributed by atoms with Gasteiger partial charge < -0.3 is 5.32 Å². The molecule has 0 aromatic heterocycles. The van der Waals surface area contributed by atoms with Gasteiger partial charge in [0.15, 0.2) is 0 Å². The Morgan fingerprint density at radius 2 is 2.26 bits per heavy atom. The van der Waals surface area contributed by atoms with Gasteiger partial charge in [-0.25, -0.2) is 8.42 Å². The molecular formula is C12H14ClN3O2S. The van der Waals surface area contributed by atoms with Crippen LogP contribution in [0.1, 0.15) is 12.5 Å². The van der Waals surface area contributed by atoms with Crippen molar-refractivity contribution in [3.05, 3.63) is 28.8 Å². The van der Waals surface area contributed by atoms with E-state index in [2.05, 4.69) is 5.32 Å². The second-order valence-electron chi connectivity index (χ2n) is 4.43. The molecule has 7 heteroatoms. The first kappa shape index (κ1) is 14.3. The lowest BCUT2D eigenvalue weighted by Gasteiger charge is -2.33. The van der Waals surface area contributed by atoms with Crippen molar-refractivity contribution in [1.82, 2.24) is 9.62 Å². The lowest BCUT2D eigenvalue weighted by atomic mass is 10.2. The number of benzene rings is 1. The topological polar surface area (TPSA) is 73.2 Å². The highest BCUT2D eigenvalue weighted by Gasteiger charge is 2.32. The second-order valence-corrected chi connectivity index (χ2v) is 6.69. The maximum atomic E-state index is 12.5. The Labute approximate surface area is 117 Å². The SMILES string of the molecule is CC1CNCCN1S(=O)(=O)c1ccc(C#N)cc1Cl. The van der Waals surface area contributed by atoms with Gasteiger partial charge in [-0.05, 0) is 25.1 Å². The molecule has 1 N–H and O–H groups in total. The Hall–Kier alpha value is -1.13. The van der Waals surface area contributed by atoms with E-state index in [4.69, 9.17) is 16.9 Å². The predicted octanol–water partition coefficient (Wildman–Crippen LogP) is 1.19. The molecule has 0 aliphatic carbocycles. The number of hydrogen-bond acceptors (Lipinski definition) is 4. The molecule has 0 spiro atoms. The second kappa shape index (κ2) is 5.47. The van der Waals surface area contributed by atoms with Crippen LogP contribution in [0.2, 0.25) is 5.02 Å². The molecule has 5 nitrogen and oxygen atoms in total. The molecule has 0 bridgehead atoms. The van der Waals surface area contributed by atoms with E-state index in [9.17, 15) is 8.42 Å². The van der Waals surface area contributed by atoms with Crippen LogP contribution in [-0.4, -0.2) is 38.4 Å². The summed E-state index contributed by atoms with van der Waals surface area (Å²) in [6, 6.07) is 6.05. The van der Waals surface area contributed by atoms with Crippen LogP contribution in [0.4, 0.5) is 0 Å². The lowest BCUT2D eigenvalue weighted by molar-refractivity contribution is 0.284. The number of nitrogens with one attached hydrogen (secondary N) is 1. The first-order chi connectivity index (χ1) is 8.96. The summed E-state index contributed by atoms with van der Waals surface area (Å²) < 4.78 is 26.5. The molecule has 1 unspecified atom stereocenters. The fourth-order valence-electron chi connectivity index (χ4n) is 2.09. The molecule has 1 aliphatic heterocycles. The van der Waals surface area contributed by atoms with Gasteiger partial charge in [-0.2, -0.15) is 9.57 Å². The fraction of sp³-hybridized carbons (Fsp3) is 0.417. The van der Waals surface area contributed by atoms with Crippen LogP contribution >= 0.6 is 11.6 Å². The smallest absolute Gasteiger partial charge is 0.244 e. The standard InChI is InChI=1S/C12H14ClN3O2S/c1-9-8-15-4-5-16(9)19(17,18)12-3-2-10(7-14)6-11(12)13/h2-3,6,9,15H,4-5,8H2,1H3. The molecule has 2 rings (SSSR count). The summed E-state index contributed by atoms with van der Waals surface area (Å²) >= 11 is 5.99. The molecule has 1 fully saturated rings. The monoisotopic (exact) mass is 299 g/mol. The van der Waals surface area contributed by atoms with E-state index in [1.54, 1.807) is 0 Å². The van der Waals surface area contributed by atoms with Gasteiger partial charge >= 0.3 is 0 Å². The number of halogens is 1. The maximum Gasteiger partial charge on any atom is 0.244 e. The molecular weight excluding hydrogens is 286 g/mol. The molecule has 1 heterocycles. The van der Waals surface area contributed by atoms with E-state index in [1.165, 1.54) is 22.5 Å². The molecule has 0 radical (unpaired) electrons. The van der Waals surface area contributed by atoms with Gasteiger partial charge in [-0.15, -0.1) is 0 Å². The molecule has 1 aromatic carbocycles. The van der Waals surface area contributed by atoms with Crippen LogP contribution in [0, 0.1) is 11.3 Å². The van der Waals surface area contributed by atoms with Crippen molar-refractivity contribution in [2.45, 2.75) is 17.9 Å². The average molecular weight is 300 g/mol. The molecule has 1 saturated heterocycles. The van der Waals surface area contributed by atoms with Crippen molar-refractivity contribution in [2.75, 3.05) is 19.6 Å². The summed E-state index contributed by atoms with van der Waals surface area (Å²) in [5, 5.41) is 12.0. The van der Waals surface area contributed by atoms with Gasteiger partial charge in [0, 0.05) is 25.7 Å². The van der Waals surface area contributed by atoms with E-state index in [-0.39, 0.29) is 16.0 Å². The van der Waals surface area contributed by atoms with Crippen molar-refractivity contribution in [2.24, 2.45) is 0 Å². The summed E-state index contributed by atoms with van der Waals surface area (Å²) in [6.45, 7) is 3.51. The van der Waals surface area contributed by atoms with E-state index >= 15 is 0 Å². The van der Waals surface area contributed by atoms with Gasteiger partial charge in [-0.1, -0.05) is 11.6 Å². The average Bonchev–Trinajstić information content (AvgIpc) is 2.38. The van der Waals surface area contributed by atoms with Crippen LogP contribution in [0.5, 0.6) is 0 Å². The minimum Gasteiger partial charge on any atom is -0.314 e. The molecule has 102 valence electrons. The summed E-state index contributed by atoms with van der Waals surface area (Å²) in [6.07, 6.45) is 0. The van der Waals surface area contributed by atoms with Crippen LogP contribution in [0.3, 0.4) is 0 Å². The highest BCUT2D eigenvalue weighted by atomic mass is 35.5. The van der Waals surface area contributed by atoms with E-state index < -0.39 is 10.0 Å². The summed E-state index contributed by atoms with van der Waals surface area (Å²) in [5.74, 6) is 0. The van der Waals surface area contributed by atoms with E-state index in [0.29, 0.717) is 25.2 Å². The number of sulfonamides is 1. The third-order valence-electron chi connectivity index (χ3n) is 3.09. The first-order valence-electron chi connectivity index (χ1n) is 5.89. The molecule has 0 saturated carbocycles. The Bertz CT molecular complexity index is 624. The Morgan fingerprint density at radius 1 is 1.53 bits per heavy atom. The zero-order chi connectivity index (χ0) is 14.0. The van der Waals surface area contributed by atoms with Crippen LogP contribution in [0.25, 0.3) is 0 Å². The Kier molecular flexibility index (Phi) is 4.11. The number of rotatable bonds is 2. The zero-order valence-corrected chi connectivity index (χ0v) is 12.0. The van der Waals surface area contributed by atoms with E-state index in [0.717, 1.165) is 0 Å². The van der Waals surface area contributed by atoms with Crippen LogP contribution in [0.15, 0.2) is 23.1 Å². The third kappa shape index (κ3) is 2.74. The molecule has 0 amide bonds. The molecule has 1 atom stereocenters. The third-order valence-corrected chi connectivity index (χ3v) is 5.58. The van der Waals surface area contributed by atoms with Gasteiger partial charge in [0.05, 0.1) is 16.7 Å². The maximum absolute atomic E-state index is 12.5. The van der Waals surface area contributed by atoms with Gasteiger partial charge in [0.25, 0.3) is 0 Å². The van der Waals surface area contributed by atoms with Crippen molar-refractivity contribution >= 4 is 21.6 Å². The zero-order valence-electron chi connectivity index (χ0n) is 10.4. The van der Waals surface area contributed by atoms with Gasteiger partial charge in [0.2, 0.25) is 10.0 Å². The number of nitriles is 1. The highest BCUT2D eigenvalue weighted by Crippen LogP contribution is 2.27. The van der Waals surface area contributed by atoms with Crippen molar-refractivity contribution in [3.63, 3.8) is 0 Å². The predicted molar refractivity (Wildman–Crippen MR) is 72.4 cm³/mol. The highest BCUT2D eigenvalue weighted by molar-refractivity contribution is 7.89. The van der Waals surface area contributed by atoms with Crippen molar-refractivity contribution in [1.29, 1.82) is 5.26 Å². The Balaban J connectivity index is 2.42. The van der Waals surface area contributed by atoms with Crippen molar-refractivity contribution in [3.8, 4) is 6.07 Å². The van der Waals surface area contributed by atoms with E-state index in [1.807, 2.05) is 13.0 Å². The lowest BCUT2D eigenvalue weighted by Crippen LogP contribution is -2.52. The largest absolute Gasteiger partial charge is 0.314 e. The van der Waals surface area contributed by atoms with Crippen LogP contribution < -0.4 is 5.32 Å². The first-order valence-corrected chi connectivity index (χ1v) is 7.71. The normalized spacial score (nSPS) is 21.0. The fourth-order valence-corrected chi connectivity index (χ4v) is 4.24. The minimum atomic E-state index is -3.61. The molecule has 19 heavy (non-hydrogen) atoms. The summed E-state index contributed by atoms with van der Waals surface area (Å²) in [7, 11) is -3.61. The Morgan fingerprint density at radius 3 is 2.84 bits per heavy atom. The number of hydrogen-bond donors (Lipinski definition) is 1. The summed E-state index contributed by atoms with van der Waals surface area (Å²) in [4.78, 5) is 0.0573. The number of piperazine rings is 1. The van der Waals surface area contributed by atoms with Gasteiger partial charge in [0.1, 0.15) is 4.90 Å². The molecule has 1 aliphatic rings. The minimum absolute atomic E-state index is 0.0573.